The average Bonchev–Trinajstić information content (AvgIpc) is 3.37. The van der Waals surface area contributed by atoms with E-state index in [0.29, 0.717) is 17.4 Å². The molecule has 8 nitrogen and oxygen atoms in total. The summed E-state index contributed by atoms with van der Waals surface area (Å²) in [6.45, 7) is 4.81. The number of carbonyl (C=O) groups is 1. The molecule has 0 saturated carbocycles. The Morgan fingerprint density at radius 1 is 0.453 bits per heavy atom. The zero-order chi connectivity index (χ0) is 54.9. The summed E-state index contributed by atoms with van der Waals surface area (Å²) in [5.41, 5.74) is 0. The molecule has 440 valence electrons. The van der Waals surface area contributed by atoms with E-state index >= 15 is 0 Å². The molecule has 1 amide bonds. The van der Waals surface area contributed by atoms with E-state index in [2.05, 4.69) is 67.8 Å². The number of hydrogen-bond donors (Lipinski definition) is 3. The molecule has 0 aliphatic carbocycles. The summed E-state index contributed by atoms with van der Waals surface area (Å²) in [5.74, 6) is -0.184. The minimum absolute atomic E-state index is 0.0560. The van der Waals surface area contributed by atoms with Crippen LogP contribution < -0.4 is 5.32 Å². The Bertz CT molecular complexity index is 1400. The lowest BCUT2D eigenvalue weighted by atomic mass is 10.0. The zero-order valence-corrected chi connectivity index (χ0v) is 51.2. The minimum atomic E-state index is -4.36. The van der Waals surface area contributed by atoms with Gasteiger partial charge in [0.1, 0.15) is 13.2 Å². The topological polar surface area (TPSA) is 105 Å². The highest BCUT2D eigenvalue weighted by atomic mass is 31.2. The first-order valence-corrected chi connectivity index (χ1v) is 33.7. The molecular weight excluding hydrogens is 948 g/mol. The van der Waals surface area contributed by atoms with Crippen molar-refractivity contribution >= 4 is 13.7 Å². The van der Waals surface area contributed by atoms with E-state index in [1.54, 1.807) is 6.08 Å². The Balaban J connectivity index is 4.10. The number of nitrogens with zero attached hydrogens (tertiary/aromatic N) is 1. The number of amides is 1. The number of likely N-dealkylation sites (N-methyl/N-ethyl adjacent to an activating group) is 1. The summed E-state index contributed by atoms with van der Waals surface area (Å²) in [6.07, 6.45) is 77.8. The highest BCUT2D eigenvalue weighted by Gasteiger charge is 2.27. The van der Waals surface area contributed by atoms with E-state index in [9.17, 15) is 19.4 Å². The maximum Gasteiger partial charge on any atom is 0.472 e. The van der Waals surface area contributed by atoms with Crippen molar-refractivity contribution in [3.63, 3.8) is 0 Å². The fourth-order valence-electron chi connectivity index (χ4n) is 9.42. The number of quaternary nitrogens is 1. The van der Waals surface area contributed by atoms with Crippen LogP contribution in [-0.2, 0) is 18.4 Å². The van der Waals surface area contributed by atoms with Gasteiger partial charge in [0.05, 0.1) is 39.9 Å². The molecule has 0 aromatic heterocycles. The molecule has 0 fully saturated rings. The monoisotopic (exact) mass is 1070 g/mol. The van der Waals surface area contributed by atoms with Gasteiger partial charge in [0.2, 0.25) is 5.91 Å². The van der Waals surface area contributed by atoms with Gasteiger partial charge in [-0.2, -0.15) is 0 Å². The van der Waals surface area contributed by atoms with Gasteiger partial charge < -0.3 is 19.8 Å². The third kappa shape index (κ3) is 59.7. The fourth-order valence-corrected chi connectivity index (χ4v) is 10.2. The Morgan fingerprint density at radius 3 is 1.16 bits per heavy atom. The zero-order valence-electron chi connectivity index (χ0n) is 50.3. The molecular formula is C66H126N2O6P+. The molecule has 0 spiro atoms. The normalized spacial score (nSPS) is 14.2. The molecule has 0 rings (SSSR count). The molecule has 3 atom stereocenters. The van der Waals surface area contributed by atoms with Crippen LogP contribution in [0, 0.1) is 0 Å². The average molecular weight is 1070 g/mol. The summed E-state index contributed by atoms with van der Waals surface area (Å²) >= 11 is 0. The molecule has 9 heteroatoms. The standard InChI is InChI=1S/C66H125N2O6P/c1-6-8-10-12-14-16-18-20-22-24-26-28-29-30-31-32-33-34-35-36-37-38-39-40-42-44-46-48-50-52-54-56-58-60-66(70)67-64(63-74-75(71,72)73-62-61-68(3,4)5)65(69)59-57-55-53-51-49-47-45-43-41-27-25-23-21-19-17-15-13-11-9-7-2/h18,20,24,26,29-30,49,51,57,59,64-65,69H,6-17,19,21-23,25,27-28,31-48,50,52-56,58,60-63H2,1-5H3,(H-,67,70,71,72)/p+1/b20-18-,26-24-,30-29-,51-49+,59-57+. The van der Waals surface area contributed by atoms with Crippen LogP contribution in [-0.4, -0.2) is 73.4 Å². The van der Waals surface area contributed by atoms with Gasteiger partial charge in [0, 0.05) is 6.42 Å². The van der Waals surface area contributed by atoms with Crippen LogP contribution in [0.5, 0.6) is 0 Å². The third-order valence-electron chi connectivity index (χ3n) is 14.5. The maximum absolute atomic E-state index is 13.0. The molecule has 3 N–H and O–H groups in total. The van der Waals surface area contributed by atoms with Gasteiger partial charge >= 0.3 is 7.82 Å². The molecule has 0 aliphatic rings. The van der Waals surface area contributed by atoms with E-state index in [1.165, 1.54) is 231 Å². The SMILES string of the molecule is CCCCCCC/C=C\C/C=C\C/C=C\CCCCCCCCCCCCCCCCCCCCC(=O)NC(COP(=O)(O)OCC[N+](C)(C)C)C(O)/C=C/CC/C=C/CCCCCCCCCCCCCCCC. The largest absolute Gasteiger partial charge is 0.472 e. The number of hydrogen-bond acceptors (Lipinski definition) is 5. The van der Waals surface area contributed by atoms with Crippen molar-refractivity contribution in [2.24, 2.45) is 0 Å². The van der Waals surface area contributed by atoms with Crippen LogP contribution in [0.3, 0.4) is 0 Å². The van der Waals surface area contributed by atoms with E-state index in [1.807, 2.05) is 27.2 Å². The molecule has 0 aromatic rings. The molecule has 3 unspecified atom stereocenters. The number of aliphatic hydroxyl groups is 1. The van der Waals surface area contributed by atoms with Gasteiger partial charge in [0.15, 0.2) is 0 Å². The maximum atomic E-state index is 13.0. The van der Waals surface area contributed by atoms with Crippen LogP contribution >= 0.6 is 7.82 Å². The highest BCUT2D eigenvalue weighted by Crippen LogP contribution is 2.43. The van der Waals surface area contributed by atoms with Crippen molar-refractivity contribution in [3.8, 4) is 0 Å². The summed E-state index contributed by atoms with van der Waals surface area (Å²) in [4.78, 5) is 23.4. The smallest absolute Gasteiger partial charge is 0.387 e. The van der Waals surface area contributed by atoms with Crippen molar-refractivity contribution in [2.75, 3.05) is 40.9 Å². The van der Waals surface area contributed by atoms with Gasteiger partial charge in [-0.05, 0) is 70.6 Å². The molecule has 0 aromatic carbocycles. The number of aliphatic hydroxyl groups excluding tert-OH is 1. The van der Waals surface area contributed by atoms with Gasteiger partial charge in [0.25, 0.3) is 0 Å². The molecule has 0 radical (unpaired) electrons. The Morgan fingerprint density at radius 2 is 0.773 bits per heavy atom. The predicted molar refractivity (Wildman–Crippen MR) is 327 cm³/mol. The number of phosphoric ester groups is 1. The van der Waals surface area contributed by atoms with Gasteiger partial charge in [-0.3, -0.25) is 13.8 Å². The van der Waals surface area contributed by atoms with E-state index < -0.39 is 20.0 Å². The Kier molecular flexibility index (Phi) is 55.5. The first-order valence-electron chi connectivity index (χ1n) is 32.2. The lowest BCUT2D eigenvalue weighted by Gasteiger charge is -2.25. The Labute approximate surface area is 466 Å². The van der Waals surface area contributed by atoms with Gasteiger partial charge in [-0.1, -0.05) is 286 Å². The van der Waals surface area contributed by atoms with Crippen molar-refractivity contribution in [3.05, 3.63) is 60.8 Å². The fraction of sp³-hybridized carbons (Fsp3) is 0.833. The number of rotatable bonds is 59. The predicted octanol–water partition coefficient (Wildman–Crippen LogP) is 20.0. The summed E-state index contributed by atoms with van der Waals surface area (Å²) in [5, 5.41) is 13.9. The number of carbonyl (C=O) groups excluding carboxylic acids is 1. The second-order valence-electron chi connectivity index (χ2n) is 23.1. The number of nitrogens with one attached hydrogen (secondary N) is 1. The minimum Gasteiger partial charge on any atom is -0.387 e. The lowest BCUT2D eigenvalue weighted by Crippen LogP contribution is -2.45. The molecule has 75 heavy (non-hydrogen) atoms. The van der Waals surface area contributed by atoms with E-state index in [4.69, 9.17) is 9.05 Å². The molecule has 0 heterocycles. The van der Waals surface area contributed by atoms with Crippen molar-refractivity contribution < 1.29 is 32.9 Å². The second-order valence-corrected chi connectivity index (χ2v) is 24.6. The van der Waals surface area contributed by atoms with Gasteiger partial charge in [-0.25, -0.2) is 4.57 Å². The first-order chi connectivity index (χ1) is 36.5. The van der Waals surface area contributed by atoms with Crippen molar-refractivity contribution in [1.82, 2.24) is 5.32 Å². The van der Waals surface area contributed by atoms with Crippen molar-refractivity contribution in [1.29, 1.82) is 0 Å². The molecule has 0 saturated heterocycles. The summed E-state index contributed by atoms with van der Waals surface area (Å²) < 4.78 is 23.7. The van der Waals surface area contributed by atoms with Crippen LogP contribution in [0.2, 0.25) is 0 Å². The molecule has 0 bridgehead atoms. The Hall–Kier alpha value is -1.80. The number of allylic oxidation sites excluding steroid dienone is 9. The van der Waals surface area contributed by atoms with Crippen LogP contribution in [0.4, 0.5) is 0 Å². The van der Waals surface area contributed by atoms with E-state index in [-0.39, 0.29) is 19.1 Å². The first kappa shape index (κ1) is 73.2. The van der Waals surface area contributed by atoms with Gasteiger partial charge in [-0.15, -0.1) is 0 Å². The quantitative estimate of drug-likeness (QED) is 0.0243. The number of unbranched alkanes of at least 4 members (excludes halogenated alkanes) is 38. The molecule has 0 aliphatic heterocycles. The van der Waals surface area contributed by atoms with Crippen LogP contribution in [0.1, 0.15) is 303 Å². The summed E-state index contributed by atoms with van der Waals surface area (Å²) in [6, 6.07) is -0.865. The van der Waals surface area contributed by atoms with Crippen LogP contribution in [0.15, 0.2) is 60.8 Å². The van der Waals surface area contributed by atoms with E-state index in [0.717, 1.165) is 51.4 Å². The second kappa shape index (κ2) is 56.9. The third-order valence-corrected chi connectivity index (χ3v) is 15.4. The summed E-state index contributed by atoms with van der Waals surface area (Å²) in [7, 11) is 1.56. The van der Waals surface area contributed by atoms with Crippen molar-refractivity contribution in [2.45, 2.75) is 315 Å². The van der Waals surface area contributed by atoms with Crippen LogP contribution in [0.25, 0.3) is 0 Å². The number of phosphoric acid groups is 1. The highest BCUT2D eigenvalue weighted by molar-refractivity contribution is 7.47. The lowest BCUT2D eigenvalue weighted by molar-refractivity contribution is -0.870.